The molecule has 1 N–H and O–H groups in total. The third kappa shape index (κ3) is 1.49. The van der Waals surface area contributed by atoms with Crippen LogP contribution in [0.15, 0.2) is 6.20 Å². The van der Waals surface area contributed by atoms with Gasteiger partial charge >= 0.3 is 5.97 Å². The van der Waals surface area contributed by atoms with Crippen LogP contribution in [0.5, 0.6) is 5.88 Å². The van der Waals surface area contributed by atoms with Gasteiger partial charge in [-0.1, -0.05) is 4.85 Å². The maximum atomic E-state index is 10.4. The number of aromatic nitrogens is 2. The number of hydrogen-bond acceptors (Lipinski definition) is 4. The lowest BCUT2D eigenvalue weighted by Gasteiger charge is -1.99. The Morgan fingerprint density at radius 3 is 2.82 bits per heavy atom. The van der Waals surface area contributed by atoms with E-state index in [1.807, 2.05) is 0 Å². The minimum Gasteiger partial charge on any atom is -0.491 e. The van der Waals surface area contributed by atoms with Crippen LogP contribution in [0.3, 0.4) is 0 Å². The molecule has 0 saturated carbocycles. The topological polar surface area (TPSA) is 64.4 Å². The zero-order valence-electron chi connectivity index (χ0n) is 6.24. The van der Waals surface area contributed by atoms with Crippen molar-refractivity contribution in [1.29, 1.82) is 0 Å². The van der Waals surface area contributed by atoms with Crippen LogP contribution >= 0.6 is 0 Å². The van der Waals surface area contributed by atoms with Crippen molar-refractivity contribution in [2.75, 3.05) is 0 Å². The molecule has 0 bridgehead atoms. The maximum absolute atomic E-state index is 10.4. The van der Waals surface area contributed by atoms with E-state index in [9.17, 15) is 4.79 Å². The normalized spacial score (nSPS) is 9.64. The molecule has 0 atom stereocenters. The molecule has 0 fully saturated rings. The molecule has 0 spiro atoms. The van der Waals surface area contributed by atoms with Gasteiger partial charge in [-0.15, -0.1) is 5.10 Å². The third-order valence-corrected chi connectivity index (χ3v) is 1.11. The van der Waals surface area contributed by atoms with Crippen molar-refractivity contribution in [2.45, 2.75) is 13.8 Å². The summed E-state index contributed by atoms with van der Waals surface area (Å²) >= 11 is 0. The van der Waals surface area contributed by atoms with Crippen molar-refractivity contribution in [1.82, 2.24) is 9.94 Å². The van der Waals surface area contributed by atoms with Crippen molar-refractivity contribution < 1.29 is 14.7 Å². The minimum absolute atomic E-state index is 0.153. The lowest BCUT2D eigenvalue weighted by molar-refractivity contribution is -0.143. The van der Waals surface area contributed by atoms with E-state index >= 15 is 0 Å². The molecule has 0 aliphatic heterocycles. The van der Waals surface area contributed by atoms with Crippen LogP contribution in [0.25, 0.3) is 0 Å². The number of nitrogens with zero attached hydrogens (tertiary/aromatic N) is 2. The van der Waals surface area contributed by atoms with E-state index in [1.54, 1.807) is 6.92 Å². The summed E-state index contributed by atoms with van der Waals surface area (Å²) in [6.07, 6.45) is 1.40. The highest BCUT2D eigenvalue weighted by Crippen LogP contribution is 2.11. The molecule has 0 aromatic carbocycles. The number of aryl methyl sites for hydroxylation is 1. The molecule has 0 amide bonds. The average molecular weight is 156 g/mol. The Morgan fingerprint density at radius 1 is 1.82 bits per heavy atom. The van der Waals surface area contributed by atoms with Gasteiger partial charge in [0.05, 0.1) is 6.20 Å². The van der Waals surface area contributed by atoms with E-state index in [0.717, 1.165) is 4.85 Å². The van der Waals surface area contributed by atoms with Crippen LogP contribution in [-0.4, -0.2) is 21.0 Å². The van der Waals surface area contributed by atoms with E-state index in [0.29, 0.717) is 5.56 Å². The average Bonchev–Trinajstić information content (AvgIpc) is 2.18. The fourth-order valence-electron chi connectivity index (χ4n) is 0.591. The summed E-state index contributed by atoms with van der Waals surface area (Å²) in [6.45, 7) is 2.89. The van der Waals surface area contributed by atoms with Crippen LogP contribution in [0.4, 0.5) is 0 Å². The highest BCUT2D eigenvalue weighted by atomic mass is 16.7. The van der Waals surface area contributed by atoms with E-state index < -0.39 is 5.97 Å². The quantitative estimate of drug-likeness (QED) is 0.615. The SMILES string of the molecule is CC(=O)On1ncc(C)c1O. The lowest BCUT2D eigenvalue weighted by atomic mass is 10.4. The molecular weight excluding hydrogens is 148 g/mol. The molecule has 1 rings (SSSR count). The van der Waals surface area contributed by atoms with Crippen LogP contribution in [0.2, 0.25) is 0 Å². The number of aromatic hydroxyl groups is 1. The van der Waals surface area contributed by atoms with Gasteiger partial charge in [-0.05, 0) is 6.92 Å². The van der Waals surface area contributed by atoms with E-state index in [-0.39, 0.29) is 5.88 Å². The number of rotatable bonds is 1. The first-order chi connectivity index (χ1) is 5.11. The van der Waals surface area contributed by atoms with E-state index in [2.05, 4.69) is 9.94 Å². The Bertz CT molecular complexity index is 279. The van der Waals surface area contributed by atoms with Gasteiger partial charge < -0.3 is 9.94 Å². The molecule has 11 heavy (non-hydrogen) atoms. The minimum atomic E-state index is -0.525. The molecule has 0 saturated heterocycles. The fourth-order valence-corrected chi connectivity index (χ4v) is 0.591. The van der Waals surface area contributed by atoms with Crippen LogP contribution < -0.4 is 4.84 Å². The van der Waals surface area contributed by atoms with Gasteiger partial charge in [-0.3, -0.25) is 0 Å². The molecule has 1 heterocycles. The van der Waals surface area contributed by atoms with Crippen molar-refractivity contribution >= 4 is 5.97 Å². The first-order valence-corrected chi connectivity index (χ1v) is 3.03. The Morgan fingerprint density at radius 2 is 2.45 bits per heavy atom. The zero-order chi connectivity index (χ0) is 8.43. The van der Waals surface area contributed by atoms with Gasteiger partial charge in [0.1, 0.15) is 0 Å². The summed E-state index contributed by atoms with van der Waals surface area (Å²) in [5.41, 5.74) is 0.561. The Kier molecular flexibility index (Phi) is 1.80. The molecule has 60 valence electrons. The van der Waals surface area contributed by atoms with Crippen LogP contribution in [-0.2, 0) is 4.79 Å². The van der Waals surface area contributed by atoms with Gasteiger partial charge in [-0.25, -0.2) is 4.79 Å². The van der Waals surface area contributed by atoms with Gasteiger partial charge in [0.15, 0.2) is 0 Å². The molecule has 5 heteroatoms. The summed E-state index contributed by atoms with van der Waals surface area (Å²) in [5, 5.41) is 12.7. The first kappa shape index (κ1) is 7.59. The van der Waals surface area contributed by atoms with Crippen molar-refractivity contribution in [3.05, 3.63) is 11.8 Å². The number of carbonyl (C=O) groups excluding carboxylic acids is 1. The molecular formula is C6H8N2O3. The smallest absolute Gasteiger partial charge is 0.332 e. The lowest BCUT2D eigenvalue weighted by Crippen LogP contribution is -2.17. The predicted octanol–water partition coefficient (Wildman–Crippen LogP) is -0.128. The molecule has 0 aliphatic rings. The van der Waals surface area contributed by atoms with Gasteiger partial charge in [0.25, 0.3) is 5.88 Å². The molecule has 1 aromatic rings. The zero-order valence-corrected chi connectivity index (χ0v) is 6.24. The maximum Gasteiger partial charge on any atom is 0.332 e. The largest absolute Gasteiger partial charge is 0.491 e. The molecule has 5 nitrogen and oxygen atoms in total. The first-order valence-electron chi connectivity index (χ1n) is 3.03. The summed E-state index contributed by atoms with van der Waals surface area (Å²) in [6, 6.07) is 0. The van der Waals surface area contributed by atoms with Gasteiger partial charge in [0.2, 0.25) is 0 Å². The Labute approximate surface area is 63.2 Å². The second-order valence-electron chi connectivity index (χ2n) is 2.11. The molecule has 1 aromatic heterocycles. The van der Waals surface area contributed by atoms with Gasteiger partial charge in [-0.2, -0.15) is 0 Å². The van der Waals surface area contributed by atoms with Crippen LogP contribution in [0.1, 0.15) is 12.5 Å². The van der Waals surface area contributed by atoms with Crippen molar-refractivity contribution in [2.24, 2.45) is 0 Å². The Balaban J connectivity index is 2.87. The number of carbonyl (C=O) groups is 1. The van der Waals surface area contributed by atoms with Crippen LogP contribution in [0, 0.1) is 6.92 Å². The molecule has 0 radical (unpaired) electrons. The highest BCUT2D eigenvalue weighted by Gasteiger charge is 2.06. The second-order valence-corrected chi connectivity index (χ2v) is 2.11. The highest BCUT2D eigenvalue weighted by molar-refractivity contribution is 5.66. The van der Waals surface area contributed by atoms with Crippen molar-refractivity contribution in [3.8, 4) is 5.88 Å². The Hall–Kier alpha value is -1.52. The standard InChI is InChI=1S/C6H8N2O3/c1-4-3-7-8(6(4)10)11-5(2)9/h3,10H,1-2H3. The summed E-state index contributed by atoms with van der Waals surface area (Å²) in [4.78, 5) is 15.6. The monoisotopic (exact) mass is 156 g/mol. The predicted molar refractivity (Wildman–Crippen MR) is 35.9 cm³/mol. The summed E-state index contributed by atoms with van der Waals surface area (Å²) in [5.74, 6) is -0.677. The van der Waals surface area contributed by atoms with Gasteiger partial charge in [0, 0.05) is 12.5 Å². The molecule has 0 unspecified atom stereocenters. The van der Waals surface area contributed by atoms with E-state index in [1.165, 1.54) is 13.1 Å². The number of hydrogen-bond donors (Lipinski definition) is 1. The summed E-state index contributed by atoms with van der Waals surface area (Å²) in [7, 11) is 0. The molecule has 0 aliphatic carbocycles. The fraction of sp³-hybridized carbons (Fsp3) is 0.333. The second kappa shape index (κ2) is 2.61. The third-order valence-electron chi connectivity index (χ3n) is 1.11. The van der Waals surface area contributed by atoms with Crippen molar-refractivity contribution in [3.63, 3.8) is 0 Å². The van der Waals surface area contributed by atoms with E-state index in [4.69, 9.17) is 5.11 Å². The summed E-state index contributed by atoms with van der Waals surface area (Å²) < 4.78 is 0.